The minimum Gasteiger partial charge on any atom is -0.481 e. The molecule has 0 spiro atoms. The number of carbonyl (C=O) groups excluding carboxylic acids is 1. The smallest absolute Gasteiger partial charge is 0.305 e. The van der Waals surface area contributed by atoms with Gasteiger partial charge in [0.05, 0.1) is 12.5 Å². The maximum absolute atomic E-state index is 11.4. The van der Waals surface area contributed by atoms with Gasteiger partial charge in [-0.15, -0.1) is 0 Å². The van der Waals surface area contributed by atoms with Crippen LogP contribution in [-0.2, 0) is 9.59 Å². The van der Waals surface area contributed by atoms with E-state index in [1.54, 1.807) is 24.3 Å². The first-order valence-electron chi connectivity index (χ1n) is 4.87. The molecule has 1 amide bonds. The number of benzene rings is 1. The summed E-state index contributed by atoms with van der Waals surface area (Å²) in [5, 5.41) is 9.22. The minimum atomic E-state index is -0.899. The highest BCUT2D eigenvalue weighted by Gasteiger charge is 2.38. The zero-order valence-electron chi connectivity index (χ0n) is 8.39. The lowest BCUT2D eigenvalue weighted by atomic mass is 9.97. The second kappa shape index (κ2) is 4.14. The van der Waals surface area contributed by atoms with Gasteiger partial charge in [-0.05, 0) is 18.2 Å². The number of aliphatic carboxylic acids is 1. The Morgan fingerprint density at radius 1 is 1.56 bits per heavy atom. The predicted octanol–water partition coefficient (Wildman–Crippen LogP) is 1.92. The van der Waals surface area contributed by atoms with E-state index in [2.05, 4.69) is 0 Å². The highest BCUT2D eigenvalue weighted by atomic mass is 35.5. The standard InChI is InChI=1S/C11H10ClNO3/c12-7-2-1-3-8(4-7)13-9(5-10(13)14)6-11(15)16/h1-4,9H,5-6H2,(H,15,16). The maximum Gasteiger partial charge on any atom is 0.305 e. The zero-order chi connectivity index (χ0) is 11.7. The van der Waals surface area contributed by atoms with E-state index in [1.807, 2.05) is 0 Å². The number of hydrogen-bond acceptors (Lipinski definition) is 2. The van der Waals surface area contributed by atoms with E-state index < -0.39 is 5.97 Å². The number of carboxylic acids is 1. The molecule has 1 aliphatic rings. The molecule has 1 atom stereocenters. The van der Waals surface area contributed by atoms with Gasteiger partial charge in [-0.25, -0.2) is 0 Å². The average molecular weight is 240 g/mol. The van der Waals surface area contributed by atoms with Crippen molar-refractivity contribution < 1.29 is 14.7 Å². The van der Waals surface area contributed by atoms with Gasteiger partial charge >= 0.3 is 5.97 Å². The maximum atomic E-state index is 11.4. The summed E-state index contributed by atoms with van der Waals surface area (Å²) in [7, 11) is 0. The van der Waals surface area contributed by atoms with E-state index in [0.717, 1.165) is 0 Å². The first-order chi connectivity index (χ1) is 7.58. The molecule has 2 rings (SSSR count). The van der Waals surface area contributed by atoms with Crippen LogP contribution in [0.5, 0.6) is 0 Å². The molecular weight excluding hydrogens is 230 g/mol. The van der Waals surface area contributed by atoms with E-state index >= 15 is 0 Å². The summed E-state index contributed by atoms with van der Waals surface area (Å²) in [6.45, 7) is 0. The van der Waals surface area contributed by atoms with Gasteiger partial charge < -0.3 is 10.0 Å². The highest BCUT2D eigenvalue weighted by Crippen LogP contribution is 2.31. The van der Waals surface area contributed by atoms with E-state index in [-0.39, 0.29) is 18.4 Å². The van der Waals surface area contributed by atoms with Crippen molar-refractivity contribution in [3.05, 3.63) is 29.3 Å². The highest BCUT2D eigenvalue weighted by molar-refractivity contribution is 6.31. The molecular formula is C11H10ClNO3. The molecule has 0 aliphatic carbocycles. The van der Waals surface area contributed by atoms with Crippen LogP contribution in [0.15, 0.2) is 24.3 Å². The van der Waals surface area contributed by atoms with Crippen LogP contribution in [0.4, 0.5) is 5.69 Å². The summed E-state index contributed by atoms with van der Waals surface area (Å²) in [5.41, 5.74) is 0.662. The van der Waals surface area contributed by atoms with Crippen molar-refractivity contribution in [3.63, 3.8) is 0 Å². The summed E-state index contributed by atoms with van der Waals surface area (Å²) >= 11 is 5.82. The van der Waals surface area contributed by atoms with Crippen molar-refractivity contribution in [2.75, 3.05) is 4.90 Å². The number of β-lactam (4-membered cyclic amide) rings is 1. The number of nitrogens with zero attached hydrogens (tertiary/aromatic N) is 1. The van der Waals surface area contributed by atoms with Gasteiger partial charge in [0.2, 0.25) is 5.91 Å². The number of carbonyl (C=O) groups is 2. The Morgan fingerprint density at radius 3 is 2.88 bits per heavy atom. The van der Waals surface area contributed by atoms with Crippen LogP contribution >= 0.6 is 11.6 Å². The van der Waals surface area contributed by atoms with Crippen LogP contribution in [0.25, 0.3) is 0 Å². The molecule has 1 heterocycles. The monoisotopic (exact) mass is 239 g/mol. The fourth-order valence-corrected chi connectivity index (χ4v) is 2.01. The lowest BCUT2D eigenvalue weighted by Gasteiger charge is -2.39. The Kier molecular flexibility index (Phi) is 2.83. The molecule has 1 aliphatic heterocycles. The SMILES string of the molecule is O=C(O)CC1CC(=O)N1c1cccc(Cl)c1. The molecule has 0 bridgehead atoms. The Balaban J connectivity index is 2.19. The summed E-state index contributed by atoms with van der Waals surface area (Å²) in [4.78, 5) is 23.5. The lowest BCUT2D eigenvalue weighted by Crippen LogP contribution is -2.53. The Labute approximate surface area is 97.4 Å². The molecule has 1 aromatic carbocycles. The van der Waals surface area contributed by atoms with E-state index in [0.29, 0.717) is 17.1 Å². The third-order valence-corrected chi connectivity index (χ3v) is 2.78. The van der Waals surface area contributed by atoms with Crippen molar-refractivity contribution in [2.24, 2.45) is 0 Å². The van der Waals surface area contributed by atoms with Gasteiger partial charge in [-0.3, -0.25) is 9.59 Å². The summed E-state index contributed by atoms with van der Waals surface area (Å²) in [6.07, 6.45) is 0.261. The quantitative estimate of drug-likeness (QED) is 0.820. The van der Waals surface area contributed by atoms with E-state index in [4.69, 9.17) is 16.7 Å². The second-order valence-corrected chi connectivity index (χ2v) is 4.14. The van der Waals surface area contributed by atoms with Gasteiger partial charge in [-0.1, -0.05) is 17.7 Å². The summed E-state index contributed by atoms with van der Waals surface area (Å²) in [6, 6.07) is 6.61. The fraction of sp³-hybridized carbons (Fsp3) is 0.273. The van der Waals surface area contributed by atoms with Gasteiger partial charge in [0.1, 0.15) is 0 Å². The van der Waals surface area contributed by atoms with Gasteiger partial charge in [0.25, 0.3) is 0 Å². The summed E-state index contributed by atoms with van der Waals surface area (Å²) < 4.78 is 0. The molecule has 0 saturated carbocycles. The normalized spacial score (nSPS) is 19.4. The second-order valence-electron chi connectivity index (χ2n) is 3.70. The number of rotatable bonds is 3. The van der Waals surface area contributed by atoms with Crippen LogP contribution in [0.2, 0.25) is 5.02 Å². The topological polar surface area (TPSA) is 57.6 Å². The van der Waals surface area contributed by atoms with Gasteiger partial charge in [0.15, 0.2) is 0 Å². The number of carboxylic acid groups (broad SMARTS) is 1. The third kappa shape index (κ3) is 2.02. The third-order valence-electron chi connectivity index (χ3n) is 2.54. The van der Waals surface area contributed by atoms with E-state index in [9.17, 15) is 9.59 Å². The van der Waals surface area contributed by atoms with Crippen molar-refractivity contribution in [3.8, 4) is 0 Å². The van der Waals surface area contributed by atoms with Gasteiger partial charge in [-0.2, -0.15) is 0 Å². The Hall–Kier alpha value is -1.55. The van der Waals surface area contributed by atoms with Crippen molar-refractivity contribution in [1.82, 2.24) is 0 Å². The molecule has 84 valence electrons. The minimum absolute atomic E-state index is 0.0295. The van der Waals surface area contributed by atoms with Crippen LogP contribution in [0.3, 0.4) is 0 Å². The summed E-state index contributed by atoms with van der Waals surface area (Å²) in [5.74, 6) is -0.960. The zero-order valence-corrected chi connectivity index (χ0v) is 9.15. The largest absolute Gasteiger partial charge is 0.481 e. The number of amides is 1. The molecule has 1 aromatic rings. The molecule has 0 radical (unpaired) electrons. The van der Waals surface area contributed by atoms with E-state index in [1.165, 1.54) is 4.90 Å². The van der Waals surface area contributed by atoms with Crippen LogP contribution in [0, 0.1) is 0 Å². The predicted molar refractivity (Wildman–Crippen MR) is 59.6 cm³/mol. The van der Waals surface area contributed by atoms with Crippen molar-refractivity contribution in [2.45, 2.75) is 18.9 Å². The molecule has 0 aromatic heterocycles. The van der Waals surface area contributed by atoms with Crippen LogP contribution < -0.4 is 4.90 Å². The first-order valence-corrected chi connectivity index (χ1v) is 5.25. The fourth-order valence-electron chi connectivity index (χ4n) is 1.83. The number of hydrogen-bond donors (Lipinski definition) is 1. The number of halogens is 1. The molecule has 5 heteroatoms. The molecule has 16 heavy (non-hydrogen) atoms. The Bertz CT molecular complexity index is 447. The lowest BCUT2D eigenvalue weighted by molar-refractivity contribution is -0.138. The van der Waals surface area contributed by atoms with Crippen molar-refractivity contribution in [1.29, 1.82) is 0 Å². The molecule has 4 nitrogen and oxygen atoms in total. The Morgan fingerprint density at radius 2 is 2.31 bits per heavy atom. The number of anilines is 1. The molecule has 1 N–H and O–H groups in total. The van der Waals surface area contributed by atoms with Crippen LogP contribution in [-0.4, -0.2) is 23.0 Å². The molecule has 1 unspecified atom stereocenters. The van der Waals surface area contributed by atoms with Crippen LogP contribution in [0.1, 0.15) is 12.8 Å². The first kappa shape index (κ1) is 11.0. The molecule has 1 saturated heterocycles. The van der Waals surface area contributed by atoms with Gasteiger partial charge in [0, 0.05) is 17.1 Å². The average Bonchev–Trinajstić information content (AvgIpc) is 2.15. The molecule has 1 fully saturated rings. The van der Waals surface area contributed by atoms with Crippen molar-refractivity contribution >= 4 is 29.2 Å².